The number of hydrogen-bond acceptors (Lipinski definition) is 5. The summed E-state index contributed by atoms with van der Waals surface area (Å²) in [6, 6.07) is 8.12. The minimum absolute atomic E-state index is 0.0493. The van der Waals surface area contributed by atoms with E-state index in [-0.39, 0.29) is 5.91 Å². The van der Waals surface area contributed by atoms with Crippen molar-refractivity contribution < 1.29 is 9.53 Å². The molecule has 1 aliphatic heterocycles. The smallest absolute Gasteiger partial charge is 0.230 e. The minimum atomic E-state index is 0.0493. The summed E-state index contributed by atoms with van der Waals surface area (Å²) in [5.74, 6) is 1.39. The predicted molar refractivity (Wildman–Crippen MR) is 86.8 cm³/mol. The molecule has 0 bridgehead atoms. The van der Waals surface area contributed by atoms with Crippen LogP contribution in [-0.2, 0) is 15.3 Å². The molecule has 0 saturated heterocycles. The van der Waals surface area contributed by atoms with Crippen LogP contribution in [0.2, 0.25) is 0 Å². The molecule has 0 radical (unpaired) electrons. The molecule has 1 heterocycles. The largest absolute Gasteiger partial charge is 0.385 e. The number of rotatable bonds is 6. The summed E-state index contributed by atoms with van der Waals surface area (Å²) in [5, 5.41) is 2.87. The molecule has 1 aromatic rings. The molecule has 0 spiro atoms. The zero-order chi connectivity index (χ0) is 14.2. The van der Waals surface area contributed by atoms with Crippen LogP contribution in [0.4, 0.5) is 5.69 Å². The van der Waals surface area contributed by atoms with E-state index in [9.17, 15) is 4.79 Å². The maximum absolute atomic E-state index is 11.7. The first-order chi connectivity index (χ1) is 9.79. The van der Waals surface area contributed by atoms with Gasteiger partial charge in [-0.3, -0.25) is 4.79 Å². The van der Waals surface area contributed by atoms with E-state index in [0.29, 0.717) is 18.9 Å². The van der Waals surface area contributed by atoms with Gasteiger partial charge in [0.1, 0.15) is 4.38 Å². The molecule has 1 amide bonds. The molecule has 1 N–H and O–H groups in total. The number of nitrogens with zero attached hydrogens (tertiary/aromatic N) is 1. The Kier molecular flexibility index (Phi) is 6.42. The van der Waals surface area contributed by atoms with Crippen LogP contribution in [0.1, 0.15) is 12.0 Å². The van der Waals surface area contributed by atoms with E-state index in [4.69, 9.17) is 4.74 Å². The number of hydrogen-bond donors (Lipinski definition) is 1. The molecule has 1 aromatic carbocycles. The third-order valence-corrected chi connectivity index (χ3v) is 4.97. The van der Waals surface area contributed by atoms with E-state index in [1.165, 1.54) is 17.3 Å². The van der Waals surface area contributed by atoms with Crippen LogP contribution in [0, 0.1) is 0 Å². The molecule has 0 atom stereocenters. The second-order valence-corrected chi connectivity index (χ2v) is 6.47. The van der Waals surface area contributed by atoms with Gasteiger partial charge in [0.05, 0.1) is 11.4 Å². The third-order valence-electron chi connectivity index (χ3n) is 2.73. The Morgan fingerprint density at radius 3 is 3.20 bits per heavy atom. The van der Waals surface area contributed by atoms with Crippen LogP contribution in [-0.4, -0.2) is 36.3 Å². The fourth-order valence-corrected chi connectivity index (χ4v) is 3.60. The van der Waals surface area contributed by atoms with E-state index < -0.39 is 0 Å². The highest BCUT2D eigenvalue weighted by Gasteiger charge is 2.13. The zero-order valence-corrected chi connectivity index (χ0v) is 13.1. The summed E-state index contributed by atoms with van der Waals surface area (Å²) in [6.07, 6.45) is 0.843. The standard InChI is InChI=1S/C14H18N2O2S2/c1-18-8-4-7-15-13(17)10-20-14-16-12-6-3-2-5-11(12)9-19-14/h2-3,5-6H,4,7-10H2,1H3,(H,15,17). The summed E-state index contributed by atoms with van der Waals surface area (Å²) in [6.45, 7) is 1.34. The molecular formula is C14H18N2O2S2. The topological polar surface area (TPSA) is 50.7 Å². The number of fused-ring (bicyclic) bond motifs is 1. The van der Waals surface area contributed by atoms with Crippen molar-refractivity contribution in [2.75, 3.05) is 26.0 Å². The van der Waals surface area contributed by atoms with E-state index in [1.54, 1.807) is 18.9 Å². The number of carbonyl (C=O) groups excluding carboxylic acids is 1. The highest BCUT2D eigenvalue weighted by molar-refractivity contribution is 8.38. The number of methoxy groups -OCH3 is 1. The summed E-state index contributed by atoms with van der Waals surface area (Å²) >= 11 is 3.20. The molecule has 0 aliphatic carbocycles. The molecule has 0 aromatic heterocycles. The highest BCUT2D eigenvalue weighted by atomic mass is 32.2. The van der Waals surface area contributed by atoms with Gasteiger partial charge >= 0.3 is 0 Å². The van der Waals surface area contributed by atoms with Crippen molar-refractivity contribution in [3.8, 4) is 0 Å². The fraction of sp³-hybridized carbons (Fsp3) is 0.429. The summed E-state index contributed by atoms with van der Waals surface area (Å²) in [4.78, 5) is 16.2. The van der Waals surface area contributed by atoms with Gasteiger partial charge in [-0.1, -0.05) is 41.7 Å². The monoisotopic (exact) mass is 310 g/mol. The fourth-order valence-electron chi connectivity index (χ4n) is 1.71. The quantitative estimate of drug-likeness (QED) is 0.821. The number of nitrogens with one attached hydrogen (secondary N) is 1. The van der Waals surface area contributed by atoms with E-state index in [0.717, 1.165) is 22.2 Å². The number of aliphatic imine (C=N–C) groups is 1. The van der Waals surface area contributed by atoms with Gasteiger partial charge in [-0.2, -0.15) is 0 Å². The Hall–Kier alpha value is -0.980. The molecule has 1 aliphatic rings. The van der Waals surface area contributed by atoms with Crippen molar-refractivity contribution in [1.82, 2.24) is 5.32 Å². The Morgan fingerprint density at radius 2 is 2.35 bits per heavy atom. The summed E-state index contributed by atoms with van der Waals surface area (Å²) < 4.78 is 5.90. The van der Waals surface area contributed by atoms with Gasteiger partial charge in [0, 0.05) is 26.0 Å². The first kappa shape index (κ1) is 15.4. The predicted octanol–water partition coefficient (Wildman–Crippen LogP) is 2.81. The van der Waals surface area contributed by atoms with Crippen LogP contribution < -0.4 is 5.32 Å². The van der Waals surface area contributed by atoms with Crippen molar-refractivity contribution in [3.63, 3.8) is 0 Å². The van der Waals surface area contributed by atoms with Crippen LogP contribution >= 0.6 is 23.5 Å². The van der Waals surface area contributed by atoms with Gasteiger partial charge in [0.25, 0.3) is 0 Å². The molecule has 2 rings (SSSR count). The highest BCUT2D eigenvalue weighted by Crippen LogP contribution is 2.34. The molecule has 0 fully saturated rings. The molecular weight excluding hydrogens is 292 g/mol. The molecule has 4 nitrogen and oxygen atoms in total. The molecule has 6 heteroatoms. The Balaban J connectivity index is 1.75. The molecule has 108 valence electrons. The van der Waals surface area contributed by atoms with Gasteiger partial charge in [0.2, 0.25) is 5.91 Å². The van der Waals surface area contributed by atoms with Gasteiger partial charge in [-0.25, -0.2) is 4.99 Å². The SMILES string of the molecule is COCCCNC(=O)CSC1=Nc2ccccc2CS1. The van der Waals surface area contributed by atoms with Gasteiger partial charge in [-0.05, 0) is 18.1 Å². The Morgan fingerprint density at radius 1 is 1.50 bits per heavy atom. The number of amides is 1. The summed E-state index contributed by atoms with van der Waals surface area (Å²) in [5.41, 5.74) is 2.28. The lowest BCUT2D eigenvalue weighted by Crippen LogP contribution is -2.27. The maximum Gasteiger partial charge on any atom is 0.230 e. The number of ether oxygens (including phenoxy) is 1. The van der Waals surface area contributed by atoms with E-state index in [2.05, 4.69) is 16.4 Å². The van der Waals surface area contributed by atoms with Gasteiger partial charge < -0.3 is 10.1 Å². The molecule has 0 saturated carbocycles. The third kappa shape index (κ3) is 4.85. The molecule has 20 heavy (non-hydrogen) atoms. The first-order valence-corrected chi connectivity index (χ1v) is 8.44. The lowest BCUT2D eigenvalue weighted by Gasteiger charge is -2.14. The van der Waals surface area contributed by atoms with Crippen molar-refractivity contribution in [2.24, 2.45) is 4.99 Å². The van der Waals surface area contributed by atoms with Crippen LogP contribution in [0.3, 0.4) is 0 Å². The van der Waals surface area contributed by atoms with Crippen molar-refractivity contribution >= 4 is 39.5 Å². The summed E-state index contributed by atoms with van der Waals surface area (Å²) in [7, 11) is 1.66. The van der Waals surface area contributed by atoms with Crippen LogP contribution in [0.15, 0.2) is 29.3 Å². The van der Waals surface area contributed by atoms with Gasteiger partial charge in [0.15, 0.2) is 0 Å². The number of carbonyl (C=O) groups is 1. The van der Waals surface area contributed by atoms with Crippen LogP contribution in [0.5, 0.6) is 0 Å². The Bertz CT molecular complexity index is 492. The van der Waals surface area contributed by atoms with E-state index in [1.807, 2.05) is 18.2 Å². The van der Waals surface area contributed by atoms with Crippen molar-refractivity contribution in [2.45, 2.75) is 12.2 Å². The van der Waals surface area contributed by atoms with Crippen LogP contribution in [0.25, 0.3) is 0 Å². The van der Waals surface area contributed by atoms with E-state index >= 15 is 0 Å². The minimum Gasteiger partial charge on any atom is -0.385 e. The Labute approximate surface area is 127 Å². The lowest BCUT2D eigenvalue weighted by atomic mass is 10.2. The van der Waals surface area contributed by atoms with Crippen molar-refractivity contribution in [1.29, 1.82) is 0 Å². The number of benzene rings is 1. The second kappa shape index (κ2) is 8.34. The zero-order valence-electron chi connectivity index (χ0n) is 11.4. The second-order valence-electron chi connectivity index (χ2n) is 4.28. The first-order valence-electron chi connectivity index (χ1n) is 6.47. The lowest BCUT2D eigenvalue weighted by molar-refractivity contribution is -0.118. The molecule has 0 unspecified atom stereocenters. The number of thioether (sulfide) groups is 2. The van der Waals surface area contributed by atoms with Gasteiger partial charge in [-0.15, -0.1) is 0 Å². The van der Waals surface area contributed by atoms with Crippen molar-refractivity contribution in [3.05, 3.63) is 29.8 Å². The normalized spacial score (nSPS) is 13.6. The number of para-hydroxylation sites is 1. The maximum atomic E-state index is 11.7. The average Bonchev–Trinajstić information content (AvgIpc) is 2.49. The average molecular weight is 310 g/mol.